The Labute approximate surface area is 162 Å². The molecule has 1 saturated heterocycles. The number of amides is 1. The summed E-state index contributed by atoms with van der Waals surface area (Å²) in [6.07, 6.45) is 3.59. The van der Waals surface area contributed by atoms with Crippen molar-refractivity contribution >= 4 is 34.3 Å². The van der Waals surface area contributed by atoms with Crippen molar-refractivity contribution in [1.29, 1.82) is 0 Å². The molecule has 1 aliphatic rings. The molecule has 1 fully saturated rings. The molecule has 0 bridgehead atoms. The number of aromatic nitrogens is 2. The van der Waals surface area contributed by atoms with E-state index >= 15 is 0 Å². The molecule has 1 N–H and O–H groups in total. The number of carbonyl (C=O) groups is 1. The summed E-state index contributed by atoms with van der Waals surface area (Å²) in [7, 11) is 0. The number of para-hydroxylation sites is 2. The van der Waals surface area contributed by atoms with Crippen LogP contribution in [-0.2, 0) is 4.79 Å². The van der Waals surface area contributed by atoms with Gasteiger partial charge in [0.1, 0.15) is 5.52 Å². The zero-order valence-corrected chi connectivity index (χ0v) is 15.8. The van der Waals surface area contributed by atoms with Gasteiger partial charge in [0.15, 0.2) is 16.6 Å². The first-order valence-electron chi connectivity index (χ1n) is 9.12. The third-order valence-electron chi connectivity index (χ3n) is 5.06. The van der Waals surface area contributed by atoms with Crippen LogP contribution >= 0.6 is 11.6 Å². The number of halogens is 1. The van der Waals surface area contributed by atoms with Crippen molar-refractivity contribution in [1.82, 2.24) is 14.9 Å². The normalized spacial score (nSPS) is 19.1. The van der Waals surface area contributed by atoms with Gasteiger partial charge in [0.2, 0.25) is 5.91 Å². The quantitative estimate of drug-likeness (QED) is 0.686. The maximum atomic E-state index is 12.7. The number of hydrogen-bond donors (Lipinski definition) is 1. The lowest BCUT2D eigenvalue weighted by Gasteiger charge is -2.34. The number of rotatable bonds is 4. The van der Waals surface area contributed by atoms with E-state index in [2.05, 4.69) is 20.2 Å². The fourth-order valence-corrected chi connectivity index (χ4v) is 3.67. The van der Waals surface area contributed by atoms with Gasteiger partial charge in [0, 0.05) is 18.7 Å². The van der Waals surface area contributed by atoms with Crippen LogP contribution < -0.4 is 5.32 Å². The summed E-state index contributed by atoms with van der Waals surface area (Å²) in [4.78, 5) is 23.5. The van der Waals surface area contributed by atoms with Crippen LogP contribution in [0.2, 0.25) is 5.15 Å². The Bertz CT molecular complexity index is 925. The summed E-state index contributed by atoms with van der Waals surface area (Å²) in [5.74, 6) is 0.843. The highest BCUT2D eigenvalue weighted by Crippen LogP contribution is 2.30. The molecule has 6 nitrogen and oxygen atoms in total. The number of benzene rings is 1. The zero-order valence-electron chi connectivity index (χ0n) is 15.1. The van der Waals surface area contributed by atoms with E-state index in [0.717, 1.165) is 42.9 Å². The van der Waals surface area contributed by atoms with Crippen LogP contribution in [-0.4, -0.2) is 39.9 Å². The lowest BCUT2D eigenvalue weighted by molar-refractivity contribution is -0.121. The first kappa shape index (κ1) is 17.9. The highest BCUT2D eigenvalue weighted by molar-refractivity contribution is 6.32. The van der Waals surface area contributed by atoms with Crippen molar-refractivity contribution in [2.45, 2.75) is 31.7 Å². The van der Waals surface area contributed by atoms with E-state index in [1.165, 1.54) is 0 Å². The van der Waals surface area contributed by atoms with Crippen LogP contribution in [0.25, 0.3) is 11.1 Å². The number of pyridine rings is 1. The minimum atomic E-state index is -0.284. The molecule has 0 saturated carbocycles. The number of oxazole rings is 1. The Balaban J connectivity index is 1.45. The Kier molecular flexibility index (Phi) is 5.09. The van der Waals surface area contributed by atoms with Crippen molar-refractivity contribution in [2.75, 3.05) is 18.4 Å². The van der Waals surface area contributed by atoms with Gasteiger partial charge in [-0.05, 0) is 50.6 Å². The van der Waals surface area contributed by atoms with Crippen LogP contribution in [0.3, 0.4) is 0 Å². The molecule has 2 unspecified atom stereocenters. The summed E-state index contributed by atoms with van der Waals surface area (Å²) in [5.41, 5.74) is 2.21. The molecule has 4 rings (SSSR count). The monoisotopic (exact) mass is 384 g/mol. The van der Waals surface area contributed by atoms with E-state index in [1.54, 1.807) is 18.3 Å². The van der Waals surface area contributed by atoms with Crippen molar-refractivity contribution in [3.8, 4) is 0 Å². The number of nitrogens with zero attached hydrogens (tertiary/aromatic N) is 3. The number of anilines is 1. The second-order valence-corrected chi connectivity index (χ2v) is 7.22. The molecule has 2 aromatic heterocycles. The molecule has 2 atom stereocenters. The number of fused-ring (bicyclic) bond motifs is 1. The SMILES string of the molecule is CC(C(=O)Nc1cccnc1Cl)N1CCCC(c2nc3ccccc3o2)C1. The smallest absolute Gasteiger partial charge is 0.241 e. The number of likely N-dealkylation sites (tertiary alicyclic amines) is 1. The van der Waals surface area contributed by atoms with E-state index in [-0.39, 0.29) is 17.9 Å². The minimum Gasteiger partial charge on any atom is -0.440 e. The fraction of sp³-hybridized carbons (Fsp3) is 0.350. The van der Waals surface area contributed by atoms with Crippen LogP contribution in [0.4, 0.5) is 5.69 Å². The van der Waals surface area contributed by atoms with Crippen molar-refractivity contribution in [2.24, 2.45) is 0 Å². The van der Waals surface area contributed by atoms with Crippen LogP contribution in [0.1, 0.15) is 31.6 Å². The predicted octanol–water partition coefficient (Wildman–Crippen LogP) is 4.08. The third kappa shape index (κ3) is 3.82. The molecule has 1 aromatic carbocycles. The van der Waals surface area contributed by atoms with Gasteiger partial charge in [-0.15, -0.1) is 0 Å². The molecule has 1 aliphatic heterocycles. The first-order chi connectivity index (χ1) is 13.1. The maximum Gasteiger partial charge on any atom is 0.241 e. The van der Waals surface area contributed by atoms with Crippen LogP contribution in [0, 0.1) is 0 Å². The number of piperidine rings is 1. The molecule has 3 heterocycles. The van der Waals surface area contributed by atoms with E-state index < -0.39 is 0 Å². The number of hydrogen-bond acceptors (Lipinski definition) is 5. The molecular weight excluding hydrogens is 364 g/mol. The molecule has 3 aromatic rings. The maximum absolute atomic E-state index is 12.7. The predicted molar refractivity (Wildman–Crippen MR) is 105 cm³/mol. The molecule has 27 heavy (non-hydrogen) atoms. The highest BCUT2D eigenvalue weighted by Gasteiger charge is 2.30. The summed E-state index contributed by atoms with van der Waals surface area (Å²) < 4.78 is 5.94. The van der Waals surface area contributed by atoms with Gasteiger partial charge in [0.25, 0.3) is 0 Å². The molecule has 140 valence electrons. The number of nitrogens with one attached hydrogen (secondary N) is 1. The minimum absolute atomic E-state index is 0.0943. The van der Waals surface area contributed by atoms with Gasteiger partial charge >= 0.3 is 0 Å². The van der Waals surface area contributed by atoms with E-state index in [9.17, 15) is 4.79 Å². The lowest BCUT2D eigenvalue weighted by Crippen LogP contribution is -2.46. The Hall–Kier alpha value is -2.44. The number of carbonyl (C=O) groups excluding carboxylic acids is 1. The fourth-order valence-electron chi connectivity index (χ4n) is 3.51. The standard InChI is InChI=1S/C20H21ClN4O2/c1-13(19(26)23-16-8-4-10-22-18(16)21)25-11-5-6-14(12-25)20-24-15-7-2-3-9-17(15)27-20/h2-4,7-10,13-14H,5-6,11-12H2,1H3,(H,23,26). The molecule has 0 radical (unpaired) electrons. The molecule has 0 spiro atoms. The van der Waals surface area contributed by atoms with Gasteiger partial charge in [-0.2, -0.15) is 0 Å². The van der Waals surface area contributed by atoms with E-state index in [0.29, 0.717) is 10.8 Å². The second kappa shape index (κ2) is 7.66. The van der Waals surface area contributed by atoms with Gasteiger partial charge in [-0.3, -0.25) is 9.69 Å². The Morgan fingerprint density at radius 2 is 2.19 bits per heavy atom. The second-order valence-electron chi connectivity index (χ2n) is 6.86. The average Bonchev–Trinajstić information content (AvgIpc) is 3.13. The lowest BCUT2D eigenvalue weighted by atomic mass is 9.96. The third-order valence-corrected chi connectivity index (χ3v) is 5.36. The summed E-state index contributed by atoms with van der Waals surface area (Å²) in [6.45, 7) is 3.52. The Morgan fingerprint density at radius 3 is 3.00 bits per heavy atom. The zero-order chi connectivity index (χ0) is 18.8. The van der Waals surface area contributed by atoms with Crippen LogP contribution in [0.5, 0.6) is 0 Å². The largest absolute Gasteiger partial charge is 0.440 e. The summed E-state index contributed by atoms with van der Waals surface area (Å²) in [6, 6.07) is 11.0. The van der Waals surface area contributed by atoms with Crippen LogP contribution in [0.15, 0.2) is 47.0 Å². The summed E-state index contributed by atoms with van der Waals surface area (Å²) >= 11 is 6.04. The van der Waals surface area contributed by atoms with E-state index in [4.69, 9.17) is 16.0 Å². The summed E-state index contributed by atoms with van der Waals surface area (Å²) in [5, 5.41) is 3.16. The highest BCUT2D eigenvalue weighted by atomic mass is 35.5. The average molecular weight is 385 g/mol. The molecular formula is C20H21ClN4O2. The van der Waals surface area contributed by atoms with E-state index in [1.807, 2.05) is 31.2 Å². The molecule has 1 amide bonds. The molecule has 0 aliphatic carbocycles. The molecule has 7 heteroatoms. The van der Waals surface area contributed by atoms with Crippen molar-refractivity contribution in [3.05, 3.63) is 53.6 Å². The first-order valence-corrected chi connectivity index (χ1v) is 9.50. The van der Waals surface area contributed by atoms with Gasteiger partial charge in [0.05, 0.1) is 11.7 Å². The topological polar surface area (TPSA) is 71.3 Å². The van der Waals surface area contributed by atoms with Crippen molar-refractivity contribution in [3.63, 3.8) is 0 Å². The van der Waals surface area contributed by atoms with Gasteiger partial charge < -0.3 is 9.73 Å². The van der Waals surface area contributed by atoms with Gasteiger partial charge in [-0.25, -0.2) is 9.97 Å². The van der Waals surface area contributed by atoms with Crippen molar-refractivity contribution < 1.29 is 9.21 Å². The van der Waals surface area contributed by atoms with Gasteiger partial charge in [-0.1, -0.05) is 23.7 Å². The Morgan fingerprint density at radius 1 is 1.33 bits per heavy atom.